The molecule has 1 aromatic heterocycles. The van der Waals surface area contributed by atoms with E-state index in [9.17, 15) is 4.79 Å². The highest BCUT2D eigenvalue weighted by molar-refractivity contribution is 6.09. The maximum Gasteiger partial charge on any atom is 0.194 e. The van der Waals surface area contributed by atoms with Crippen molar-refractivity contribution in [2.75, 3.05) is 6.61 Å². The van der Waals surface area contributed by atoms with Gasteiger partial charge in [-0.25, -0.2) is 0 Å². The zero-order valence-electron chi connectivity index (χ0n) is 12.1. The summed E-state index contributed by atoms with van der Waals surface area (Å²) in [6.07, 6.45) is 4.14. The average Bonchev–Trinajstić information content (AvgIpc) is 2.47. The molecule has 20 heavy (non-hydrogen) atoms. The summed E-state index contributed by atoms with van der Waals surface area (Å²) in [7, 11) is 0. The van der Waals surface area contributed by atoms with Gasteiger partial charge >= 0.3 is 0 Å². The van der Waals surface area contributed by atoms with Crippen LogP contribution in [0.25, 0.3) is 0 Å². The number of aromatic nitrogens is 1. The summed E-state index contributed by atoms with van der Waals surface area (Å²) >= 11 is 0. The first kappa shape index (κ1) is 14.3. The van der Waals surface area contributed by atoms with E-state index in [4.69, 9.17) is 4.74 Å². The van der Waals surface area contributed by atoms with Gasteiger partial charge in [0.15, 0.2) is 5.78 Å². The van der Waals surface area contributed by atoms with Gasteiger partial charge in [0, 0.05) is 17.3 Å². The summed E-state index contributed by atoms with van der Waals surface area (Å²) in [4.78, 5) is 16.5. The van der Waals surface area contributed by atoms with Crippen molar-refractivity contribution in [1.82, 2.24) is 4.98 Å². The fourth-order valence-corrected chi connectivity index (χ4v) is 1.89. The van der Waals surface area contributed by atoms with Gasteiger partial charge in [0.25, 0.3) is 0 Å². The van der Waals surface area contributed by atoms with Crippen LogP contribution in [0.4, 0.5) is 0 Å². The van der Waals surface area contributed by atoms with Crippen LogP contribution in [-0.2, 0) is 0 Å². The van der Waals surface area contributed by atoms with Gasteiger partial charge < -0.3 is 4.74 Å². The molecule has 0 saturated carbocycles. The topological polar surface area (TPSA) is 39.2 Å². The van der Waals surface area contributed by atoms with Crippen molar-refractivity contribution in [3.05, 3.63) is 58.9 Å². The Kier molecular flexibility index (Phi) is 4.51. The monoisotopic (exact) mass is 269 g/mol. The SMILES string of the molecule is CCCOc1cncc(C(=O)c2ccc(C)c(C)c2)c1. The number of ketones is 1. The Balaban J connectivity index is 2.26. The number of carbonyl (C=O) groups is 1. The third-order valence-electron chi connectivity index (χ3n) is 3.22. The third-order valence-corrected chi connectivity index (χ3v) is 3.22. The predicted octanol–water partition coefficient (Wildman–Crippen LogP) is 3.72. The number of ether oxygens (including phenoxy) is 1. The van der Waals surface area contributed by atoms with Gasteiger partial charge in [-0.15, -0.1) is 0 Å². The van der Waals surface area contributed by atoms with E-state index in [1.807, 2.05) is 39.0 Å². The maximum atomic E-state index is 12.4. The largest absolute Gasteiger partial charge is 0.492 e. The Morgan fingerprint density at radius 1 is 1.10 bits per heavy atom. The van der Waals surface area contributed by atoms with Gasteiger partial charge in [0.1, 0.15) is 5.75 Å². The highest BCUT2D eigenvalue weighted by atomic mass is 16.5. The Hall–Kier alpha value is -2.16. The van der Waals surface area contributed by atoms with E-state index >= 15 is 0 Å². The van der Waals surface area contributed by atoms with Crippen LogP contribution in [0.1, 0.15) is 40.4 Å². The summed E-state index contributed by atoms with van der Waals surface area (Å²) in [5, 5.41) is 0. The number of pyridine rings is 1. The molecule has 0 aliphatic carbocycles. The molecule has 3 nitrogen and oxygen atoms in total. The Morgan fingerprint density at radius 2 is 1.90 bits per heavy atom. The molecule has 1 aromatic carbocycles. The van der Waals surface area contributed by atoms with Gasteiger partial charge in [-0.2, -0.15) is 0 Å². The molecule has 0 atom stereocenters. The molecule has 0 saturated heterocycles. The highest BCUT2D eigenvalue weighted by Crippen LogP contribution is 2.17. The van der Waals surface area contributed by atoms with Crippen molar-refractivity contribution in [3.63, 3.8) is 0 Å². The normalized spacial score (nSPS) is 10.3. The van der Waals surface area contributed by atoms with Crippen molar-refractivity contribution < 1.29 is 9.53 Å². The molecule has 2 aromatic rings. The number of hydrogen-bond acceptors (Lipinski definition) is 3. The lowest BCUT2D eigenvalue weighted by Gasteiger charge is -2.07. The minimum Gasteiger partial charge on any atom is -0.492 e. The van der Waals surface area contributed by atoms with Crippen LogP contribution in [0.5, 0.6) is 5.75 Å². The lowest BCUT2D eigenvalue weighted by atomic mass is 10.0. The highest BCUT2D eigenvalue weighted by Gasteiger charge is 2.11. The molecular weight excluding hydrogens is 250 g/mol. The molecule has 2 rings (SSSR count). The van der Waals surface area contributed by atoms with Crippen molar-refractivity contribution in [1.29, 1.82) is 0 Å². The van der Waals surface area contributed by atoms with Crippen molar-refractivity contribution in [3.8, 4) is 5.75 Å². The molecule has 0 radical (unpaired) electrons. The van der Waals surface area contributed by atoms with Crippen LogP contribution in [0.3, 0.4) is 0 Å². The first-order chi connectivity index (χ1) is 9.61. The average molecular weight is 269 g/mol. The number of hydrogen-bond donors (Lipinski definition) is 0. The van der Waals surface area contributed by atoms with E-state index in [1.165, 1.54) is 5.56 Å². The molecule has 0 unspecified atom stereocenters. The summed E-state index contributed by atoms with van der Waals surface area (Å²) in [6.45, 7) is 6.70. The first-order valence-electron chi connectivity index (χ1n) is 6.81. The number of carbonyl (C=O) groups excluding carboxylic acids is 1. The Morgan fingerprint density at radius 3 is 2.60 bits per heavy atom. The van der Waals surface area contributed by atoms with Crippen LogP contribution < -0.4 is 4.74 Å². The summed E-state index contributed by atoms with van der Waals surface area (Å²) in [6, 6.07) is 7.48. The molecule has 0 spiro atoms. The molecule has 0 N–H and O–H groups in total. The van der Waals surface area contributed by atoms with E-state index < -0.39 is 0 Å². The van der Waals surface area contributed by atoms with Gasteiger partial charge in [-0.3, -0.25) is 9.78 Å². The minimum atomic E-state index is -0.0254. The molecule has 0 aliphatic rings. The third kappa shape index (κ3) is 3.23. The quantitative estimate of drug-likeness (QED) is 0.777. The van der Waals surface area contributed by atoms with E-state index in [1.54, 1.807) is 18.5 Å². The molecule has 0 aliphatic heterocycles. The summed E-state index contributed by atoms with van der Waals surface area (Å²) < 4.78 is 5.51. The lowest BCUT2D eigenvalue weighted by Crippen LogP contribution is -2.04. The zero-order valence-corrected chi connectivity index (χ0v) is 12.1. The number of aryl methyl sites for hydroxylation is 2. The first-order valence-corrected chi connectivity index (χ1v) is 6.81. The number of rotatable bonds is 5. The minimum absolute atomic E-state index is 0.0254. The Labute approximate surface area is 119 Å². The van der Waals surface area contributed by atoms with Gasteiger partial charge in [0.05, 0.1) is 12.8 Å². The lowest BCUT2D eigenvalue weighted by molar-refractivity contribution is 0.103. The van der Waals surface area contributed by atoms with Crippen molar-refractivity contribution >= 4 is 5.78 Å². The van der Waals surface area contributed by atoms with Gasteiger partial charge in [-0.1, -0.05) is 19.1 Å². The van der Waals surface area contributed by atoms with E-state index in [0.717, 1.165) is 12.0 Å². The van der Waals surface area contributed by atoms with Crippen LogP contribution in [0.2, 0.25) is 0 Å². The number of benzene rings is 1. The fraction of sp³-hybridized carbons (Fsp3) is 0.294. The van der Waals surface area contributed by atoms with E-state index in [-0.39, 0.29) is 5.78 Å². The summed E-state index contributed by atoms with van der Waals surface area (Å²) in [5.74, 6) is 0.615. The van der Waals surface area contributed by atoms with Crippen molar-refractivity contribution in [2.24, 2.45) is 0 Å². The van der Waals surface area contributed by atoms with E-state index in [2.05, 4.69) is 4.98 Å². The smallest absolute Gasteiger partial charge is 0.194 e. The molecule has 0 amide bonds. The second kappa shape index (κ2) is 6.33. The van der Waals surface area contributed by atoms with Crippen LogP contribution in [0.15, 0.2) is 36.7 Å². The fourth-order valence-electron chi connectivity index (χ4n) is 1.89. The standard InChI is InChI=1S/C17H19NO2/c1-4-7-20-16-9-15(10-18-11-16)17(19)14-6-5-12(2)13(3)8-14/h5-6,8-11H,4,7H2,1-3H3. The second-order valence-corrected chi connectivity index (χ2v) is 4.89. The molecular formula is C17H19NO2. The Bertz CT molecular complexity index is 620. The maximum absolute atomic E-state index is 12.4. The molecule has 0 bridgehead atoms. The molecule has 0 fully saturated rings. The molecule has 1 heterocycles. The predicted molar refractivity (Wildman–Crippen MR) is 79.4 cm³/mol. The second-order valence-electron chi connectivity index (χ2n) is 4.89. The molecule has 104 valence electrons. The zero-order chi connectivity index (χ0) is 14.5. The van der Waals surface area contributed by atoms with Crippen LogP contribution in [0, 0.1) is 13.8 Å². The number of nitrogens with zero attached hydrogens (tertiary/aromatic N) is 1. The van der Waals surface area contributed by atoms with Crippen LogP contribution in [-0.4, -0.2) is 17.4 Å². The van der Waals surface area contributed by atoms with Crippen molar-refractivity contribution in [2.45, 2.75) is 27.2 Å². The van der Waals surface area contributed by atoms with E-state index in [0.29, 0.717) is 23.5 Å². The van der Waals surface area contributed by atoms with Crippen LogP contribution >= 0.6 is 0 Å². The van der Waals surface area contributed by atoms with Gasteiger partial charge in [-0.05, 0) is 43.5 Å². The molecule has 3 heteroatoms. The summed E-state index contributed by atoms with van der Waals surface area (Å²) in [5.41, 5.74) is 3.53. The van der Waals surface area contributed by atoms with Gasteiger partial charge in [0.2, 0.25) is 0 Å².